The van der Waals surface area contributed by atoms with Gasteiger partial charge in [0, 0.05) is 69.3 Å². The molecule has 1 aromatic heterocycles. The lowest BCUT2D eigenvalue weighted by Gasteiger charge is -2.36. The van der Waals surface area contributed by atoms with Crippen molar-refractivity contribution in [3.8, 4) is 0 Å². The Balaban J connectivity index is 1.28. The Kier molecular flexibility index (Phi) is 7.01. The van der Waals surface area contributed by atoms with E-state index >= 15 is 0 Å². The molecule has 1 aliphatic heterocycles. The average Bonchev–Trinajstić information content (AvgIpc) is 3.23. The number of nitrogens with one attached hydrogen (secondary N) is 2. The Morgan fingerprint density at radius 1 is 1.26 bits per heavy atom. The van der Waals surface area contributed by atoms with Gasteiger partial charge in [-0.1, -0.05) is 25.5 Å². The maximum Gasteiger partial charge on any atom is 0.227 e. The van der Waals surface area contributed by atoms with Crippen LogP contribution >= 0.6 is 11.5 Å². The number of aliphatic imine (C=N–C) groups is 1. The normalized spacial score (nSPS) is 17.4. The van der Waals surface area contributed by atoms with E-state index in [-0.39, 0.29) is 11.8 Å². The summed E-state index contributed by atoms with van der Waals surface area (Å²) in [4.78, 5) is 25.9. The van der Waals surface area contributed by atoms with Gasteiger partial charge in [-0.15, -0.1) is 0 Å². The highest BCUT2D eigenvalue weighted by Crippen LogP contribution is 2.27. The average molecular weight is 442 g/mol. The summed E-state index contributed by atoms with van der Waals surface area (Å²) >= 11 is 1.49. The first kappa shape index (κ1) is 21.5. The maximum atomic E-state index is 12.2. The second kappa shape index (κ2) is 10.1. The summed E-state index contributed by atoms with van der Waals surface area (Å²) in [6, 6.07) is 8.04. The molecule has 0 bridgehead atoms. The zero-order valence-electron chi connectivity index (χ0n) is 18.3. The number of amides is 1. The molecular weight excluding hydrogens is 410 g/mol. The number of carbonyl (C=O) groups is 1. The highest BCUT2D eigenvalue weighted by molar-refractivity contribution is 7.09. The van der Waals surface area contributed by atoms with E-state index in [9.17, 15) is 4.79 Å². The molecule has 166 valence electrons. The summed E-state index contributed by atoms with van der Waals surface area (Å²) in [6.45, 7) is 6.33. The number of rotatable bonds is 6. The third kappa shape index (κ3) is 5.33. The van der Waals surface area contributed by atoms with E-state index in [1.165, 1.54) is 11.5 Å². The molecule has 0 radical (unpaired) electrons. The van der Waals surface area contributed by atoms with Crippen molar-refractivity contribution >= 4 is 34.2 Å². The molecule has 1 saturated heterocycles. The van der Waals surface area contributed by atoms with Crippen LogP contribution in [-0.4, -0.2) is 59.4 Å². The Bertz CT molecular complexity index is 916. The van der Waals surface area contributed by atoms with Crippen molar-refractivity contribution in [2.45, 2.75) is 39.2 Å². The van der Waals surface area contributed by atoms with Crippen LogP contribution in [-0.2, 0) is 17.8 Å². The lowest BCUT2D eigenvalue weighted by Crippen LogP contribution is -2.52. The Labute approximate surface area is 187 Å². The van der Waals surface area contributed by atoms with E-state index in [0.29, 0.717) is 6.54 Å². The van der Waals surface area contributed by atoms with Crippen molar-refractivity contribution < 1.29 is 4.79 Å². The van der Waals surface area contributed by atoms with E-state index in [1.54, 1.807) is 0 Å². The molecule has 1 aromatic carbocycles. The molecule has 2 aromatic rings. The van der Waals surface area contributed by atoms with Crippen LogP contribution < -0.4 is 15.5 Å². The fraction of sp³-hybridized carbons (Fsp3) is 0.545. The summed E-state index contributed by atoms with van der Waals surface area (Å²) in [5, 5.41) is 7.53. The smallest absolute Gasteiger partial charge is 0.227 e. The molecule has 1 aliphatic carbocycles. The maximum absolute atomic E-state index is 12.2. The number of guanidine groups is 1. The highest BCUT2D eigenvalue weighted by atomic mass is 32.1. The number of hydrogen-bond acceptors (Lipinski definition) is 6. The van der Waals surface area contributed by atoms with Crippen molar-refractivity contribution in [1.82, 2.24) is 19.6 Å². The van der Waals surface area contributed by atoms with Gasteiger partial charge in [-0.25, -0.2) is 4.98 Å². The number of hydrogen-bond donors (Lipinski definition) is 2. The van der Waals surface area contributed by atoms with Gasteiger partial charge < -0.3 is 20.4 Å². The van der Waals surface area contributed by atoms with Crippen LogP contribution in [0, 0.1) is 5.92 Å². The topological polar surface area (TPSA) is 85.8 Å². The predicted molar refractivity (Wildman–Crippen MR) is 126 cm³/mol. The highest BCUT2D eigenvalue weighted by Gasteiger charge is 2.25. The first-order valence-corrected chi connectivity index (χ1v) is 11.9. The zero-order valence-corrected chi connectivity index (χ0v) is 19.1. The van der Waals surface area contributed by atoms with Crippen LogP contribution in [0.3, 0.4) is 0 Å². The summed E-state index contributed by atoms with van der Waals surface area (Å²) in [6.07, 6.45) is 4.05. The van der Waals surface area contributed by atoms with Gasteiger partial charge >= 0.3 is 0 Å². The van der Waals surface area contributed by atoms with E-state index in [2.05, 4.69) is 47.8 Å². The molecule has 4 rings (SSSR count). The first-order valence-electron chi connectivity index (χ1n) is 11.1. The van der Waals surface area contributed by atoms with Crippen LogP contribution in [0.15, 0.2) is 29.3 Å². The molecule has 2 fully saturated rings. The quantitative estimate of drug-likeness (QED) is 0.530. The second-order valence-corrected chi connectivity index (χ2v) is 8.77. The first-order chi connectivity index (χ1) is 15.2. The second-order valence-electron chi connectivity index (χ2n) is 8.04. The van der Waals surface area contributed by atoms with E-state index in [0.717, 1.165) is 80.0 Å². The van der Waals surface area contributed by atoms with Gasteiger partial charge in [0.05, 0.1) is 0 Å². The van der Waals surface area contributed by atoms with Crippen molar-refractivity contribution in [3.05, 3.63) is 35.7 Å². The third-order valence-electron chi connectivity index (χ3n) is 5.96. The van der Waals surface area contributed by atoms with E-state index in [1.807, 2.05) is 25.2 Å². The zero-order chi connectivity index (χ0) is 21.6. The lowest BCUT2D eigenvalue weighted by molar-refractivity contribution is -0.122. The summed E-state index contributed by atoms with van der Waals surface area (Å²) in [5.41, 5.74) is 1.98. The lowest BCUT2D eigenvalue weighted by atomic mass is 9.85. The fourth-order valence-electron chi connectivity index (χ4n) is 3.81. The Morgan fingerprint density at radius 2 is 2.06 bits per heavy atom. The van der Waals surface area contributed by atoms with Gasteiger partial charge in [0.15, 0.2) is 5.96 Å². The number of anilines is 2. The van der Waals surface area contributed by atoms with Crippen molar-refractivity contribution in [2.24, 2.45) is 10.9 Å². The number of carbonyl (C=O) groups excluding carboxylic acids is 1. The summed E-state index contributed by atoms with van der Waals surface area (Å²) < 4.78 is 4.40. The van der Waals surface area contributed by atoms with Gasteiger partial charge in [0.25, 0.3) is 0 Å². The van der Waals surface area contributed by atoms with Crippen molar-refractivity contribution in [3.63, 3.8) is 0 Å². The molecule has 1 amide bonds. The Morgan fingerprint density at radius 3 is 2.71 bits per heavy atom. The largest absolute Gasteiger partial charge is 0.352 e. The van der Waals surface area contributed by atoms with Crippen LogP contribution in [0.1, 0.15) is 37.6 Å². The molecule has 0 atom stereocenters. The Hall–Kier alpha value is -2.68. The number of aromatic nitrogens is 2. The molecule has 31 heavy (non-hydrogen) atoms. The van der Waals surface area contributed by atoms with Crippen LogP contribution in [0.2, 0.25) is 0 Å². The molecule has 8 nitrogen and oxygen atoms in total. The SMILES string of the molecule is CCc1nsc(N2CCN(C(=NC)NCc3cccc(NC(=O)C4CCC4)c3)CC2)n1. The number of benzene rings is 1. The van der Waals surface area contributed by atoms with E-state index in [4.69, 9.17) is 0 Å². The molecule has 2 heterocycles. The summed E-state index contributed by atoms with van der Waals surface area (Å²) in [7, 11) is 1.82. The van der Waals surface area contributed by atoms with Crippen LogP contribution in [0.5, 0.6) is 0 Å². The standard InChI is InChI=1S/C22H31N7OS/c1-3-19-26-22(31-27-19)29-12-10-28(11-13-29)21(23-2)24-15-16-6-4-9-18(14-16)25-20(30)17-7-5-8-17/h4,6,9,14,17H,3,5,7-8,10-13,15H2,1-2H3,(H,23,24)(H,25,30). The van der Waals surface area contributed by atoms with Crippen molar-refractivity contribution in [2.75, 3.05) is 43.4 Å². The number of nitrogens with zero attached hydrogens (tertiary/aromatic N) is 5. The van der Waals surface area contributed by atoms with Crippen molar-refractivity contribution in [1.29, 1.82) is 0 Å². The van der Waals surface area contributed by atoms with Gasteiger partial charge in [-0.05, 0) is 30.5 Å². The molecule has 0 spiro atoms. The molecule has 1 saturated carbocycles. The van der Waals surface area contributed by atoms with Gasteiger partial charge in [-0.2, -0.15) is 4.37 Å². The molecule has 2 N–H and O–H groups in total. The van der Waals surface area contributed by atoms with Gasteiger partial charge in [-0.3, -0.25) is 9.79 Å². The molecule has 2 aliphatic rings. The minimum atomic E-state index is 0.145. The predicted octanol–water partition coefficient (Wildman–Crippen LogP) is 2.74. The van der Waals surface area contributed by atoms with Crippen LogP contribution in [0.4, 0.5) is 10.8 Å². The van der Waals surface area contributed by atoms with E-state index < -0.39 is 0 Å². The fourth-order valence-corrected chi connectivity index (χ4v) is 4.61. The molecular formula is C22H31N7OS. The minimum absolute atomic E-state index is 0.145. The van der Waals surface area contributed by atoms with Crippen LogP contribution in [0.25, 0.3) is 0 Å². The van der Waals surface area contributed by atoms with Gasteiger partial charge in [0.1, 0.15) is 5.82 Å². The molecule has 9 heteroatoms. The monoisotopic (exact) mass is 441 g/mol. The minimum Gasteiger partial charge on any atom is -0.352 e. The number of aryl methyl sites for hydroxylation is 1. The third-order valence-corrected chi connectivity index (χ3v) is 6.77. The summed E-state index contributed by atoms with van der Waals surface area (Å²) in [5.74, 6) is 2.15. The molecule has 0 unspecified atom stereocenters. The number of piperazine rings is 1. The van der Waals surface area contributed by atoms with Gasteiger partial charge in [0.2, 0.25) is 11.0 Å².